The number of H-pyrrole nitrogens is 1. The zero-order valence-electron chi connectivity index (χ0n) is 16.1. The van der Waals surface area contributed by atoms with E-state index in [2.05, 4.69) is 14.6 Å². The number of hydrogen-bond acceptors (Lipinski definition) is 7. The SMILES string of the molecule is CC1COc2cc(N3C[C@@H]4C(N)[C@@H]4C3)ccc2-c2[nH]c(=O)c(OC(=O)O)c(O)c21.Cl. The van der Waals surface area contributed by atoms with Crippen molar-refractivity contribution in [1.29, 1.82) is 0 Å². The van der Waals surface area contributed by atoms with Crippen molar-refractivity contribution < 1.29 is 24.5 Å². The molecule has 3 heterocycles. The Kier molecular flexibility index (Phi) is 4.82. The Morgan fingerprint density at radius 2 is 2.03 bits per heavy atom. The van der Waals surface area contributed by atoms with E-state index in [4.69, 9.17) is 15.6 Å². The quantitative estimate of drug-likeness (QED) is 0.526. The molecule has 0 spiro atoms. The maximum atomic E-state index is 12.4. The van der Waals surface area contributed by atoms with Crippen LogP contribution in [0.15, 0.2) is 23.0 Å². The molecule has 0 radical (unpaired) electrons. The highest BCUT2D eigenvalue weighted by molar-refractivity contribution is 5.85. The normalized spacial score (nSPS) is 25.7. The first kappa shape index (κ1) is 20.4. The van der Waals surface area contributed by atoms with Crippen molar-refractivity contribution in [3.8, 4) is 28.5 Å². The number of nitrogens with zero attached hydrogens (tertiary/aromatic N) is 1. The van der Waals surface area contributed by atoms with Gasteiger partial charge in [-0.3, -0.25) is 4.79 Å². The molecular weight excluding hydrogens is 414 g/mol. The van der Waals surface area contributed by atoms with Crippen molar-refractivity contribution in [3.63, 3.8) is 0 Å². The smallest absolute Gasteiger partial charge is 0.504 e. The highest BCUT2D eigenvalue weighted by atomic mass is 35.5. The predicted molar refractivity (Wildman–Crippen MR) is 111 cm³/mol. The zero-order valence-corrected chi connectivity index (χ0v) is 16.9. The molecule has 1 saturated heterocycles. The van der Waals surface area contributed by atoms with Crippen molar-refractivity contribution in [2.45, 2.75) is 18.9 Å². The van der Waals surface area contributed by atoms with Gasteiger partial charge in [-0.15, -0.1) is 12.4 Å². The molecule has 4 atom stereocenters. The molecule has 160 valence electrons. The maximum Gasteiger partial charge on any atom is 0.511 e. The molecule has 2 unspecified atom stereocenters. The Morgan fingerprint density at radius 3 is 2.70 bits per heavy atom. The van der Waals surface area contributed by atoms with Gasteiger partial charge in [-0.25, -0.2) is 4.79 Å². The number of fused-ring (bicyclic) bond motifs is 4. The van der Waals surface area contributed by atoms with Crippen molar-refractivity contribution in [2.75, 3.05) is 24.6 Å². The van der Waals surface area contributed by atoms with Crippen LogP contribution in [0.2, 0.25) is 0 Å². The fourth-order valence-electron chi connectivity index (χ4n) is 4.58. The number of hydrogen-bond donors (Lipinski definition) is 4. The summed E-state index contributed by atoms with van der Waals surface area (Å²) in [7, 11) is 0. The second-order valence-electron chi connectivity index (χ2n) is 7.99. The molecule has 9 nitrogen and oxygen atoms in total. The summed E-state index contributed by atoms with van der Waals surface area (Å²) in [5.74, 6) is 0.294. The number of carboxylic acid groups (broad SMARTS) is 1. The number of rotatable bonds is 2. The summed E-state index contributed by atoms with van der Waals surface area (Å²) in [5, 5.41) is 19.4. The van der Waals surface area contributed by atoms with Gasteiger partial charge >= 0.3 is 6.16 Å². The Morgan fingerprint density at radius 1 is 1.33 bits per heavy atom. The topological polar surface area (TPSA) is 138 Å². The number of nitrogens with two attached hydrogens (primary N) is 1. The van der Waals surface area contributed by atoms with Gasteiger partial charge in [-0.1, -0.05) is 6.92 Å². The number of nitrogens with one attached hydrogen (secondary N) is 1. The van der Waals surface area contributed by atoms with Crippen LogP contribution in [0, 0.1) is 11.8 Å². The van der Waals surface area contributed by atoms with E-state index in [1.165, 1.54) is 0 Å². The highest BCUT2D eigenvalue weighted by Gasteiger charge is 2.53. The molecular formula is C20H22ClN3O6. The second kappa shape index (κ2) is 7.10. The summed E-state index contributed by atoms with van der Waals surface area (Å²) in [6.07, 6.45) is -1.67. The van der Waals surface area contributed by atoms with Gasteiger partial charge in [0, 0.05) is 47.9 Å². The van der Waals surface area contributed by atoms with Crippen LogP contribution in [0.1, 0.15) is 18.4 Å². The Balaban J connectivity index is 0.00000218. The lowest BCUT2D eigenvalue weighted by Gasteiger charge is -2.22. The van der Waals surface area contributed by atoms with Crippen LogP contribution in [-0.2, 0) is 0 Å². The van der Waals surface area contributed by atoms with E-state index in [9.17, 15) is 14.7 Å². The highest BCUT2D eigenvalue weighted by Crippen LogP contribution is 2.48. The van der Waals surface area contributed by atoms with Crippen LogP contribution in [0.4, 0.5) is 10.5 Å². The van der Waals surface area contributed by atoms with Gasteiger partial charge in [0.2, 0.25) is 5.75 Å². The van der Waals surface area contributed by atoms with Gasteiger partial charge in [0.1, 0.15) is 5.75 Å². The molecule has 2 aromatic rings. The molecule has 1 saturated carbocycles. The first-order valence-corrected chi connectivity index (χ1v) is 9.52. The van der Waals surface area contributed by atoms with E-state index in [0.717, 1.165) is 18.8 Å². The van der Waals surface area contributed by atoms with Crippen LogP contribution in [-0.4, -0.2) is 47.1 Å². The minimum absolute atomic E-state index is 0. The van der Waals surface area contributed by atoms with Crippen molar-refractivity contribution >= 4 is 24.2 Å². The molecule has 10 heteroatoms. The van der Waals surface area contributed by atoms with Gasteiger partial charge < -0.3 is 35.3 Å². The maximum absolute atomic E-state index is 12.4. The van der Waals surface area contributed by atoms with Crippen molar-refractivity contribution in [1.82, 2.24) is 4.98 Å². The van der Waals surface area contributed by atoms with Gasteiger partial charge in [0.05, 0.1) is 12.3 Å². The largest absolute Gasteiger partial charge is 0.511 e. The van der Waals surface area contributed by atoms with E-state index >= 15 is 0 Å². The van der Waals surface area contributed by atoms with Crippen LogP contribution in [0.3, 0.4) is 0 Å². The van der Waals surface area contributed by atoms with E-state index in [1.807, 2.05) is 25.1 Å². The Bertz CT molecular complexity index is 1070. The standard InChI is InChI=1S/C20H21N3O6.ClH/c1-8-7-28-13-4-9(23-5-11-12(6-23)15(11)21)2-3-10(13)16-14(8)17(24)18(19(25)22-16)29-20(26)27;/h2-4,8,11-12,15H,5-7,21H2,1H3,(H,26,27)(H2,22,24,25);1H/t8?,11-,12+,15?;. The summed E-state index contributed by atoms with van der Waals surface area (Å²) in [6, 6.07) is 6.05. The van der Waals surface area contributed by atoms with Gasteiger partial charge in [-0.2, -0.15) is 0 Å². The molecule has 1 aromatic heterocycles. The molecule has 0 amide bonds. The van der Waals surface area contributed by atoms with E-state index in [0.29, 0.717) is 40.4 Å². The summed E-state index contributed by atoms with van der Waals surface area (Å²) < 4.78 is 10.5. The number of aromatic hydroxyl groups is 1. The van der Waals surface area contributed by atoms with Crippen molar-refractivity contribution in [2.24, 2.45) is 17.6 Å². The number of halogens is 1. The molecule has 1 aromatic carbocycles. The lowest BCUT2D eigenvalue weighted by atomic mass is 9.95. The fraction of sp³-hybridized carbons (Fsp3) is 0.400. The number of aromatic nitrogens is 1. The summed E-state index contributed by atoms with van der Waals surface area (Å²) >= 11 is 0. The summed E-state index contributed by atoms with van der Waals surface area (Å²) in [4.78, 5) is 28.2. The second-order valence-corrected chi connectivity index (χ2v) is 7.99. The third-order valence-electron chi connectivity index (χ3n) is 6.22. The average molecular weight is 436 g/mol. The van der Waals surface area contributed by atoms with Gasteiger partial charge in [0.15, 0.2) is 5.75 Å². The lowest BCUT2D eigenvalue weighted by Crippen LogP contribution is -2.27. The molecule has 2 fully saturated rings. The molecule has 30 heavy (non-hydrogen) atoms. The van der Waals surface area contributed by atoms with Crippen LogP contribution in [0.25, 0.3) is 11.3 Å². The van der Waals surface area contributed by atoms with Gasteiger partial charge in [0.25, 0.3) is 5.56 Å². The number of aromatic amines is 1. The molecule has 2 aliphatic heterocycles. The third-order valence-corrected chi connectivity index (χ3v) is 6.22. The number of carbonyl (C=O) groups is 1. The number of ether oxygens (including phenoxy) is 2. The van der Waals surface area contributed by atoms with E-state index in [1.54, 1.807) is 0 Å². The fourth-order valence-corrected chi connectivity index (χ4v) is 4.58. The third kappa shape index (κ3) is 3.05. The van der Waals surface area contributed by atoms with E-state index in [-0.39, 0.29) is 24.9 Å². The Hall–Kier alpha value is -2.91. The monoisotopic (exact) mass is 435 g/mol. The van der Waals surface area contributed by atoms with Crippen LogP contribution in [0.5, 0.6) is 17.2 Å². The molecule has 0 bridgehead atoms. The minimum atomic E-state index is -1.67. The van der Waals surface area contributed by atoms with E-state index < -0.39 is 23.2 Å². The molecule has 3 aliphatic rings. The number of pyridine rings is 1. The number of anilines is 1. The predicted octanol–water partition coefficient (Wildman–Crippen LogP) is 2.12. The van der Waals surface area contributed by atoms with Crippen molar-refractivity contribution in [3.05, 3.63) is 34.1 Å². The van der Waals surface area contributed by atoms with Crippen LogP contribution >= 0.6 is 12.4 Å². The lowest BCUT2D eigenvalue weighted by molar-refractivity contribution is 0.142. The van der Waals surface area contributed by atoms with Crippen LogP contribution < -0.4 is 25.7 Å². The molecule has 5 N–H and O–H groups in total. The average Bonchev–Trinajstić information content (AvgIpc) is 3.11. The van der Waals surface area contributed by atoms with Gasteiger partial charge in [-0.05, 0) is 24.0 Å². The minimum Gasteiger partial charge on any atom is -0.504 e. The molecule has 5 rings (SSSR count). The molecule has 1 aliphatic carbocycles. The first-order valence-electron chi connectivity index (χ1n) is 9.52. The summed E-state index contributed by atoms with van der Waals surface area (Å²) in [6.45, 7) is 3.92. The Labute approximate surface area is 177 Å². The number of benzene rings is 1. The zero-order chi connectivity index (χ0) is 20.4. The number of piperidine rings is 1. The first-order chi connectivity index (χ1) is 13.8. The summed E-state index contributed by atoms with van der Waals surface area (Å²) in [5.41, 5.74) is 7.66.